The van der Waals surface area contributed by atoms with Gasteiger partial charge in [0.2, 0.25) is 0 Å². The SMILES string of the molecule is CCSC(=S)Nc1ccc(I)c(Cl)c1. The van der Waals surface area contributed by atoms with Gasteiger partial charge in [0.05, 0.1) is 5.02 Å². The van der Waals surface area contributed by atoms with E-state index in [1.165, 1.54) is 0 Å². The third kappa shape index (κ3) is 3.92. The summed E-state index contributed by atoms with van der Waals surface area (Å²) in [4.78, 5) is 0. The van der Waals surface area contributed by atoms with Crippen LogP contribution in [-0.2, 0) is 0 Å². The molecule has 0 radical (unpaired) electrons. The number of hydrogen-bond donors (Lipinski definition) is 1. The van der Waals surface area contributed by atoms with E-state index in [1.807, 2.05) is 18.2 Å². The predicted molar refractivity (Wildman–Crippen MR) is 78.5 cm³/mol. The summed E-state index contributed by atoms with van der Waals surface area (Å²) in [6.07, 6.45) is 0. The second kappa shape index (κ2) is 6.15. The molecule has 0 aliphatic carbocycles. The van der Waals surface area contributed by atoms with Crippen molar-refractivity contribution in [3.8, 4) is 0 Å². The van der Waals surface area contributed by atoms with E-state index in [0.717, 1.165) is 24.4 Å². The topological polar surface area (TPSA) is 12.0 Å². The molecule has 5 heteroatoms. The molecule has 0 heterocycles. The first kappa shape index (κ1) is 12.5. The summed E-state index contributed by atoms with van der Waals surface area (Å²) in [6.45, 7) is 2.07. The van der Waals surface area contributed by atoms with E-state index in [4.69, 9.17) is 23.8 Å². The average molecular weight is 358 g/mol. The van der Waals surface area contributed by atoms with Crippen LogP contribution in [0.4, 0.5) is 5.69 Å². The lowest BCUT2D eigenvalue weighted by Gasteiger charge is -2.07. The van der Waals surface area contributed by atoms with Gasteiger partial charge in [0.15, 0.2) is 0 Å². The van der Waals surface area contributed by atoms with Crippen LogP contribution in [0.1, 0.15) is 6.92 Å². The largest absolute Gasteiger partial charge is 0.341 e. The lowest BCUT2D eigenvalue weighted by Crippen LogP contribution is -2.04. The Morgan fingerprint density at radius 3 is 2.93 bits per heavy atom. The summed E-state index contributed by atoms with van der Waals surface area (Å²) >= 11 is 14.9. The molecule has 0 saturated carbocycles. The highest BCUT2D eigenvalue weighted by Crippen LogP contribution is 2.23. The normalized spacial score (nSPS) is 9.93. The standard InChI is InChI=1S/C9H9ClINS2/c1-2-14-9(13)12-6-3-4-8(11)7(10)5-6/h3-5H,2H2,1H3,(H,12,13). The van der Waals surface area contributed by atoms with Gasteiger partial charge in [-0.15, -0.1) is 0 Å². The molecule has 0 atom stereocenters. The minimum Gasteiger partial charge on any atom is -0.341 e. The summed E-state index contributed by atoms with van der Waals surface area (Å²) in [6, 6.07) is 5.81. The Balaban J connectivity index is 2.68. The fourth-order valence-corrected chi connectivity index (χ4v) is 2.30. The Morgan fingerprint density at radius 1 is 1.64 bits per heavy atom. The Labute approximate surface area is 112 Å². The summed E-state index contributed by atoms with van der Waals surface area (Å²) in [7, 11) is 0. The quantitative estimate of drug-likeness (QED) is 0.622. The lowest BCUT2D eigenvalue weighted by molar-refractivity contribution is 1.54. The van der Waals surface area contributed by atoms with Crippen molar-refractivity contribution in [2.75, 3.05) is 11.1 Å². The second-order valence-corrected chi connectivity index (χ2v) is 5.98. The van der Waals surface area contributed by atoms with Gasteiger partial charge in [-0.1, -0.05) is 42.5 Å². The third-order valence-electron chi connectivity index (χ3n) is 1.44. The first-order valence-corrected chi connectivity index (χ1v) is 6.87. The van der Waals surface area contributed by atoms with Crippen molar-refractivity contribution >= 4 is 68.2 Å². The van der Waals surface area contributed by atoms with Crippen molar-refractivity contribution in [1.29, 1.82) is 0 Å². The van der Waals surface area contributed by atoms with Gasteiger partial charge in [-0.3, -0.25) is 0 Å². The molecule has 0 aliphatic rings. The van der Waals surface area contributed by atoms with Crippen molar-refractivity contribution in [3.63, 3.8) is 0 Å². The van der Waals surface area contributed by atoms with Crippen molar-refractivity contribution < 1.29 is 0 Å². The molecule has 0 fully saturated rings. The van der Waals surface area contributed by atoms with Crippen LogP contribution in [0.3, 0.4) is 0 Å². The van der Waals surface area contributed by atoms with Crippen molar-refractivity contribution in [2.45, 2.75) is 6.92 Å². The highest BCUT2D eigenvalue weighted by atomic mass is 127. The van der Waals surface area contributed by atoms with Gasteiger partial charge in [-0.2, -0.15) is 0 Å². The Hall–Kier alpha value is 0.480. The number of benzene rings is 1. The first-order chi connectivity index (χ1) is 6.63. The highest BCUT2D eigenvalue weighted by Gasteiger charge is 2.00. The molecule has 0 aromatic heterocycles. The van der Waals surface area contributed by atoms with Gasteiger partial charge in [0.25, 0.3) is 0 Å². The third-order valence-corrected chi connectivity index (χ3v) is 4.12. The minimum absolute atomic E-state index is 0.750. The van der Waals surface area contributed by atoms with E-state index in [0.29, 0.717) is 0 Å². The minimum atomic E-state index is 0.750. The molecule has 0 saturated heterocycles. The number of thiocarbonyl (C=S) groups is 1. The van der Waals surface area contributed by atoms with Gasteiger partial charge >= 0.3 is 0 Å². The molecule has 0 spiro atoms. The molecule has 0 amide bonds. The smallest absolute Gasteiger partial charge is 0.138 e. The van der Waals surface area contributed by atoms with Crippen LogP contribution in [0, 0.1) is 3.57 Å². The monoisotopic (exact) mass is 357 g/mol. The fourth-order valence-electron chi connectivity index (χ4n) is 0.859. The summed E-state index contributed by atoms with van der Waals surface area (Å²) in [5.74, 6) is 0.976. The Morgan fingerprint density at radius 2 is 2.36 bits per heavy atom. The van der Waals surface area contributed by atoms with Crippen LogP contribution in [0.5, 0.6) is 0 Å². The molecule has 1 nitrogen and oxygen atoms in total. The molecule has 76 valence electrons. The van der Waals surface area contributed by atoms with E-state index in [9.17, 15) is 0 Å². The zero-order chi connectivity index (χ0) is 10.6. The molecule has 1 aromatic carbocycles. The van der Waals surface area contributed by atoms with Crippen molar-refractivity contribution in [2.24, 2.45) is 0 Å². The van der Waals surface area contributed by atoms with E-state index >= 15 is 0 Å². The Kier molecular flexibility index (Phi) is 5.51. The van der Waals surface area contributed by atoms with Crippen LogP contribution < -0.4 is 5.32 Å². The summed E-state index contributed by atoms with van der Waals surface area (Å²) in [5, 5.41) is 3.87. The van der Waals surface area contributed by atoms with Gasteiger partial charge in [0.1, 0.15) is 4.32 Å². The van der Waals surface area contributed by atoms with Crippen LogP contribution in [-0.4, -0.2) is 10.1 Å². The summed E-state index contributed by atoms with van der Waals surface area (Å²) < 4.78 is 1.83. The maximum atomic E-state index is 5.98. The van der Waals surface area contributed by atoms with E-state index < -0.39 is 0 Å². The van der Waals surface area contributed by atoms with Gasteiger partial charge in [0, 0.05) is 9.26 Å². The molecule has 0 unspecified atom stereocenters. The van der Waals surface area contributed by atoms with Crippen LogP contribution in [0.15, 0.2) is 18.2 Å². The molecule has 1 rings (SSSR count). The molecular weight excluding hydrogens is 349 g/mol. The number of halogens is 2. The highest BCUT2D eigenvalue weighted by molar-refractivity contribution is 14.1. The maximum Gasteiger partial charge on any atom is 0.138 e. The van der Waals surface area contributed by atoms with E-state index in [-0.39, 0.29) is 0 Å². The number of nitrogens with one attached hydrogen (secondary N) is 1. The Bertz CT molecular complexity index is 344. The van der Waals surface area contributed by atoms with Crippen LogP contribution >= 0.6 is 58.2 Å². The molecule has 14 heavy (non-hydrogen) atoms. The van der Waals surface area contributed by atoms with Crippen molar-refractivity contribution in [1.82, 2.24) is 0 Å². The molecule has 1 aromatic rings. The first-order valence-electron chi connectivity index (χ1n) is 4.02. The van der Waals surface area contributed by atoms with Crippen LogP contribution in [0.25, 0.3) is 0 Å². The van der Waals surface area contributed by atoms with Crippen LogP contribution in [0.2, 0.25) is 5.02 Å². The summed E-state index contributed by atoms with van der Waals surface area (Å²) in [5.41, 5.74) is 0.946. The molecular formula is C9H9ClINS2. The molecule has 0 aliphatic heterocycles. The van der Waals surface area contributed by atoms with Gasteiger partial charge < -0.3 is 5.32 Å². The molecule has 1 N–H and O–H groups in total. The second-order valence-electron chi connectivity index (χ2n) is 2.47. The average Bonchev–Trinajstić information content (AvgIpc) is 2.12. The van der Waals surface area contributed by atoms with E-state index in [1.54, 1.807) is 11.8 Å². The van der Waals surface area contributed by atoms with Gasteiger partial charge in [-0.25, -0.2) is 0 Å². The number of rotatable bonds is 2. The predicted octanol–water partition coefficient (Wildman–Crippen LogP) is 4.39. The zero-order valence-corrected chi connectivity index (χ0v) is 12.1. The fraction of sp³-hybridized carbons (Fsp3) is 0.222. The number of thioether (sulfide) groups is 1. The van der Waals surface area contributed by atoms with Gasteiger partial charge in [-0.05, 0) is 46.5 Å². The lowest BCUT2D eigenvalue weighted by atomic mass is 10.3. The van der Waals surface area contributed by atoms with Crippen molar-refractivity contribution in [3.05, 3.63) is 26.8 Å². The zero-order valence-electron chi connectivity index (χ0n) is 7.51. The van der Waals surface area contributed by atoms with E-state index in [2.05, 4.69) is 34.8 Å². The number of hydrogen-bond acceptors (Lipinski definition) is 2. The maximum absolute atomic E-state index is 5.98. The molecule has 0 bridgehead atoms. The number of anilines is 1.